The van der Waals surface area contributed by atoms with Crippen molar-refractivity contribution in [1.82, 2.24) is 10.1 Å². The van der Waals surface area contributed by atoms with Crippen LogP contribution in [-0.2, 0) is 5.41 Å². The van der Waals surface area contributed by atoms with Gasteiger partial charge in [0.15, 0.2) is 5.82 Å². The predicted molar refractivity (Wildman–Crippen MR) is 57.5 cm³/mol. The summed E-state index contributed by atoms with van der Waals surface area (Å²) in [5.74, 6) is 1.46. The van der Waals surface area contributed by atoms with Crippen LogP contribution in [0, 0.1) is 6.92 Å². The Kier molecular flexibility index (Phi) is 3.05. The van der Waals surface area contributed by atoms with Crippen LogP contribution < -0.4 is 5.73 Å². The van der Waals surface area contributed by atoms with Gasteiger partial charge < -0.3 is 10.3 Å². The third-order valence-electron chi connectivity index (χ3n) is 3.43. The fraction of sp³-hybridized carbons (Fsp3) is 0.818. The summed E-state index contributed by atoms with van der Waals surface area (Å²) in [5, 5.41) is 3.87. The Labute approximate surface area is 90.2 Å². The molecule has 2 N–H and O–H groups in total. The quantitative estimate of drug-likeness (QED) is 0.756. The van der Waals surface area contributed by atoms with Crippen molar-refractivity contribution in [1.29, 1.82) is 0 Å². The van der Waals surface area contributed by atoms with E-state index in [0.29, 0.717) is 12.4 Å². The lowest BCUT2D eigenvalue weighted by Crippen LogP contribution is -2.35. The first-order chi connectivity index (χ1) is 7.27. The van der Waals surface area contributed by atoms with Crippen LogP contribution in [0.5, 0.6) is 0 Å². The first kappa shape index (κ1) is 10.6. The maximum absolute atomic E-state index is 5.92. The summed E-state index contributed by atoms with van der Waals surface area (Å²) >= 11 is 0. The highest BCUT2D eigenvalue weighted by molar-refractivity contribution is 5.06. The van der Waals surface area contributed by atoms with Gasteiger partial charge in [-0.15, -0.1) is 0 Å². The van der Waals surface area contributed by atoms with Gasteiger partial charge in [0.2, 0.25) is 5.89 Å². The van der Waals surface area contributed by atoms with E-state index in [1.165, 1.54) is 25.7 Å². The van der Waals surface area contributed by atoms with Gasteiger partial charge in [-0.3, -0.25) is 0 Å². The fourth-order valence-electron chi connectivity index (χ4n) is 2.42. The van der Waals surface area contributed by atoms with Gasteiger partial charge in [0.1, 0.15) is 0 Å². The molecule has 1 fully saturated rings. The second kappa shape index (κ2) is 4.31. The molecule has 0 saturated heterocycles. The number of hydrogen-bond acceptors (Lipinski definition) is 4. The van der Waals surface area contributed by atoms with Gasteiger partial charge in [-0.25, -0.2) is 0 Å². The van der Waals surface area contributed by atoms with Crippen LogP contribution in [0.2, 0.25) is 0 Å². The molecule has 1 saturated carbocycles. The van der Waals surface area contributed by atoms with Crippen molar-refractivity contribution < 1.29 is 4.52 Å². The van der Waals surface area contributed by atoms with E-state index < -0.39 is 0 Å². The lowest BCUT2D eigenvalue weighted by molar-refractivity contribution is 0.256. The van der Waals surface area contributed by atoms with E-state index in [9.17, 15) is 0 Å². The maximum atomic E-state index is 5.92. The summed E-state index contributed by atoms with van der Waals surface area (Å²) in [5.41, 5.74) is 5.88. The van der Waals surface area contributed by atoms with Crippen molar-refractivity contribution >= 4 is 0 Å². The molecule has 2 rings (SSSR count). The van der Waals surface area contributed by atoms with Gasteiger partial charge in [-0.2, -0.15) is 4.98 Å². The second-order valence-corrected chi connectivity index (χ2v) is 4.55. The minimum absolute atomic E-state index is 0.0439. The molecule has 1 aliphatic carbocycles. The molecule has 0 spiro atoms. The maximum Gasteiger partial charge on any atom is 0.234 e. The number of hydrogen-bond donors (Lipinski definition) is 1. The Bertz CT molecular complexity index is 313. The van der Waals surface area contributed by atoms with Crippen molar-refractivity contribution in [3.63, 3.8) is 0 Å². The lowest BCUT2D eigenvalue weighted by atomic mass is 9.80. The average molecular weight is 209 g/mol. The molecule has 0 bridgehead atoms. The van der Waals surface area contributed by atoms with E-state index >= 15 is 0 Å². The van der Waals surface area contributed by atoms with Crippen LogP contribution in [0.3, 0.4) is 0 Å². The molecule has 1 aliphatic rings. The van der Waals surface area contributed by atoms with Gasteiger partial charge >= 0.3 is 0 Å². The van der Waals surface area contributed by atoms with E-state index in [-0.39, 0.29) is 5.41 Å². The summed E-state index contributed by atoms with van der Waals surface area (Å²) in [6, 6.07) is 0. The largest absolute Gasteiger partial charge is 0.339 e. The summed E-state index contributed by atoms with van der Waals surface area (Å²) < 4.78 is 5.31. The molecule has 4 nitrogen and oxygen atoms in total. The topological polar surface area (TPSA) is 64.9 Å². The first-order valence-corrected chi connectivity index (χ1v) is 5.78. The van der Waals surface area contributed by atoms with Gasteiger partial charge in [-0.1, -0.05) is 30.8 Å². The standard InChI is InChI=1S/C11H19N3O/c1-9-13-10(15-14-9)11(8-12)6-4-2-3-5-7-11/h2-8,12H2,1H3. The normalized spacial score (nSPS) is 21.2. The van der Waals surface area contributed by atoms with E-state index in [0.717, 1.165) is 18.7 Å². The summed E-state index contributed by atoms with van der Waals surface area (Å²) in [6.07, 6.45) is 7.22. The highest BCUT2D eigenvalue weighted by Gasteiger charge is 2.36. The van der Waals surface area contributed by atoms with Crippen molar-refractivity contribution in [3.8, 4) is 0 Å². The number of nitrogens with zero attached hydrogens (tertiary/aromatic N) is 2. The molecular weight excluding hydrogens is 190 g/mol. The summed E-state index contributed by atoms with van der Waals surface area (Å²) in [6.45, 7) is 2.47. The Morgan fingerprint density at radius 1 is 1.27 bits per heavy atom. The minimum Gasteiger partial charge on any atom is -0.339 e. The second-order valence-electron chi connectivity index (χ2n) is 4.55. The molecular formula is C11H19N3O. The lowest BCUT2D eigenvalue weighted by Gasteiger charge is -2.26. The summed E-state index contributed by atoms with van der Waals surface area (Å²) in [7, 11) is 0. The van der Waals surface area contributed by atoms with Crippen LogP contribution in [0.1, 0.15) is 50.2 Å². The first-order valence-electron chi connectivity index (χ1n) is 5.78. The molecule has 0 aromatic carbocycles. The third kappa shape index (κ3) is 2.04. The van der Waals surface area contributed by atoms with Gasteiger partial charge in [-0.05, 0) is 19.8 Å². The molecule has 1 aromatic rings. The smallest absolute Gasteiger partial charge is 0.234 e. The zero-order valence-corrected chi connectivity index (χ0v) is 9.33. The number of rotatable bonds is 2. The molecule has 0 amide bonds. The third-order valence-corrected chi connectivity index (χ3v) is 3.43. The predicted octanol–water partition coefficient (Wildman–Crippen LogP) is 1.93. The highest BCUT2D eigenvalue weighted by atomic mass is 16.5. The number of aryl methyl sites for hydroxylation is 1. The average Bonchev–Trinajstić information content (AvgIpc) is 2.56. The van der Waals surface area contributed by atoms with Crippen molar-refractivity contribution in [3.05, 3.63) is 11.7 Å². The van der Waals surface area contributed by atoms with Crippen molar-refractivity contribution in [2.45, 2.75) is 50.9 Å². The van der Waals surface area contributed by atoms with Gasteiger partial charge in [0.25, 0.3) is 0 Å². The van der Waals surface area contributed by atoms with Crippen LogP contribution in [0.4, 0.5) is 0 Å². The molecule has 0 radical (unpaired) electrons. The van der Waals surface area contributed by atoms with Crippen LogP contribution in [0.25, 0.3) is 0 Å². The van der Waals surface area contributed by atoms with E-state index in [2.05, 4.69) is 10.1 Å². The van der Waals surface area contributed by atoms with E-state index in [1.807, 2.05) is 6.92 Å². The van der Waals surface area contributed by atoms with Crippen molar-refractivity contribution in [2.75, 3.05) is 6.54 Å². The van der Waals surface area contributed by atoms with Crippen molar-refractivity contribution in [2.24, 2.45) is 5.73 Å². The zero-order valence-electron chi connectivity index (χ0n) is 9.33. The molecule has 0 unspecified atom stereocenters. The molecule has 15 heavy (non-hydrogen) atoms. The molecule has 0 atom stereocenters. The van der Waals surface area contributed by atoms with Crippen LogP contribution >= 0.6 is 0 Å². The SMILES string of the molecule is Cc1noc(C2(CN)CCCCCC2)n1. The minimum atomic E-state index is -0.0439. The highest BCUT2D eigenvalue weighted by Crippen LogP contribution is 2.36. The zero-order chi connectivity index (χ0) is 10.7. The van der Waals surface area contributed by atoms with E-state index in [4.69, 9.17) is 10.3 Å². The molecule has 0 aliphatic heterocycles. The Hall–Kier alpha value is -0.900. The van der Waals surface area contributed by atoms with Gasteiger partial charge in [0.05, 0.1) is 5.41 Å². The number of nitrogens with two attached hydrogens (primary N) is 1. The van der Waals surface area contributed by atoms with Gasteiger partial charge in [0, 0.05) is 6.54 Å². The van der Waals surface area contributed by atoms with Crippen LogP contribution in [-0.4, -0.2) is 16.7 Å². The number of aromatic nitrogens is 2. The van der Waals surface area contributed by atoms with E-state index in [1.54, 1.807) is 0 Å². The molecule has 4 heteroatoms. The van der Waals surface area contributed by atoms with Crippen LogP contribution in [0.15, 0.2) is 4.52 Å². The fourth-order valence-corrected chi connectivity index (χ4v) is 2.42. The molecule has 84 valence electrons. The summed E-state index contributed by atoms with van der Waals surface area (Å²) in [4.78, 5) is 4.36. The monoisotopic (exact) mass is 209 g/mol. The Balaban J connectivity index is 2.26. The Morgan fingerprint density at radius 2 is 1.93 bits per heavy atom. The molecule has 1 aromatic heterocycles. The Morgan fingerprint density at radius 3 is 2.40 bits per heavy atom. The molecule has 1 heterocycles.